The molecule has 109 heavy (non-hydrogen) atoms. The summed E-state index contributed by atoms with van der Waals surface area (Å²) in [7, 11) is 0. The number of hydrogen-bond donors (Lipinski definition) is 3. The maximum absolute atomic E-state index is 5.60. The van der Waals surface area contributed by atoms with Crippen molar-refractivity contribution in [1.82, 2.24) is 0 Å². The molecule has 3 aliphatic carbocycles. The number of benzene rings is 18. The van der Waals surface area contributed by atoms with Crippen LogP contribution in [-0.4, -0.2) is 0 Å². The summed E-state index contributed by atoms with van der Waals surface area (Å²) >= 11 is 3.62. The lowest BCUT2D eigenvalue weighted by Crippen LogP contribution is -2.14. The molecule has 0 amide bonds. The van der Waals surface area contributed by atoms with Crippen LogP contribution in [0, 0.1) is 0 Å². The van der Waals surface area contributed by atoms with Gasteiger partial charge in [-0.1, -0.05) is 330 Å². The zero-order chi connectivity index (χ0) is 74.1. The number of nitrogens with two attached hydrogens (primary N) is 1. The van der Waals surface area contributed by atoms with E-state index in [0.717, 1.165) is 32.9 Å². The molecular formula is C105H82BrN3. The van der Waals surface area contributed by atoms with E-state index in [2.05, 4.69) is 384 Å². The van der Waals surface area contributed by atoms with E-state index < -0.39 is 0 Å². The highest BCUT2D eigenvalue weighted by Crippen LogP contribution is 2.54. The number of nitrogens with one attached hydrogen (secondary N) is 2. The van der Waals surface area contributed by atoms with Gasteiger partial charge in [0.1, 0.15) is 0 Å². The van der Waals surface area contributed by atoms with Crippen LogP contribution in [0.5, 0.6) is 0 Å². The van der Waals surface area contributed by atoms with E-state index in [9.17, 15) is 0 Å². The Morgan fingerprint density at radius 2 is 0.495 bits per heavy atom. The summed E-state index contributed by atoms with van der Waals surface area (Å²) in [5.74, 6) is 0. The topological polar surface area (TPSA) is 50.1 Å². The Morgan fingerprint density at radius 3 is 0.862 bits per heavy atom. The van der Waals surface area contributed by atoms with E-state index in [0.29, 0.717) is 0 Å². The van der Waals surface area contributed by atoms with Crippen molar-refractivity contribution in [2.75, 3.05) is 16.4 Å². The van der Waals surface area contributed by atoms with Gasteiger partial charge in [0, 0.05) is 49.2 Å². The van der Waals surface area contributed by atoms with E-state index >= 15 is 0 Å². The van der Waals surface area contributed by atoms with Crippen LogP contribution in [0.1, 0.15) is 74.9 Å². The molecule has 0 aromatic heterocycles. The first-order valence-corrected chi connectivity index (χ1v) is 38.6. The maximum Gasteiger partial charge on any atom is 0.0390 e. The van der Waals surface area contributed by atoms with E-state index in [1.54, 1.807) is 0 Å². The standard InChI is InChI=1S/2C35H27N.C23H17Br.C12H11N/c1-35(2)31-15-7-12-26-22-30(29-14-8-16-32(35)34(29)33(26)31)25-11-6-13-28(21-25)36-27-19-17-24(18-20-27)23-9-4-3-5-10-23;1-35(2)31-12-6-10-26-22-30(29-11-7-13-32(35)34(29)33(26)31)25-16-20-28(21-17-25)36-27-18-14-24(15-19-27)23-8-4-3-5-9-23;1-23(2)19-10-4-7-15-13-18(14-6-3-8-16(24)12-14)17-9-5-11-20(23)22(17)21(15)19;13-12-8-6-11(7-9-12)10-4-2-1-3-5-10/h2*3-22,36H,1-2H3;3-13H,1-2H3;1-9H,13H2. The quantitative estimate of drug-likeness (QED) is 0.0945. The molecule has 0 fully saturated rings. The van der Waals surface area contributed by atoms with Crippen molar-refractivity contribution in [3.8, 4) is 66.8 Å². The van der Waals surface area contributed by atoms with Crippen molar-refractivity contribution in [3.63, 3.8) is 0 Å². The molecule has 524 valence electrons. The molecule has 18 aromatic carbocycles. The van der Waals surface area contributed by atoms with Crippen molar-refractivity contribution in [3.05, 3.63) is 402 Å². The van der Waals surface area contributed by atoms with Gasteiger partial charge in [-0.3, -0.25) is 0 Å². The van der Waals surface area contributed by atoms with Crippen molar-refractivity contribution in [1.29, 1.82) is 0 Å². The Balaban J connectivity index is 0.000000108. The molecule has 0 saturated heterocycles. The molecule has 4 N–H and O–H groups in total. The molecule has 3 aliphatic rings. The highest BCUT2D eigenvalue weighted by molar-refractivity contribution is 9.10. The first kappa shape index (κ1) is 68.2. The van der Waals surface area contributed by atoms with Crippen LogP contribution < -0.4 is 16.4 Å². The lowest BCUT2D eigenvalue weighted by molar-refractivity contribution is 0.662. The Hall–Kier alpha value is -12.6. The molecule has 0 radical (unpaired) electrons. The molecule has 0 unspecified atom stereocenters. The SMILES string of the molecule is CC1(C)c2cccc3cc(-c4ccc(Nc5ccc(-c6ccccc6)cc5)cc4)c4cccc1c4c23.CC1(C)c2cccc3cc(-c4cccc(Br)c4)c4cccc1c4c23.CC1(C)c2cccc3cc(-c4cccc(Nc5ccc(-c6ccccc6)cc5)c4)c4cccc1c4c23.Nc1ccc(-c2ccccc2)cc1. The predicted molar refractivity (Wildman–Crippen MR) is 471 cm³/mol. The fourth-order valence-corrected chi connectivity index (χ4v) is 18.0. The molecule has 0 bridgehead atoms. The van der Waals surface area contributed by atoms with Gasteiger partial charge in [-0.15, -0.1) is 0 Å². The highest BCUT2D eigenvalue weighted by Gasteiger charge is 2.37. The van der Waals surface area contributed by atoms with Gasteiger partial charge in [-0.25, -0.2) is 0 Å². The van der Waals surface area contributed by atoms with Crippen LogP contribution >= 0.6 is 15.9 Å². The van der Waals surface area contributed by atoms with Crippen molar-refractivity contribution < 1.29 is 0 Å². The Morgan fingerprint density at radius 1 is 0.220 bits per heavy atom. The van der Waals surface area contributed by atoms with Gasteiger partial charge >= 0.3 is 0 Å². The molecule has 0 aliphatic heterocycles. The fourth-order valence-electron chi connectivity index (χ4n) is 17.6. The molecule has 0 saturated carbocycles. The van der Waals surface area contributed by atoms with Gasteiger partial charge in [0.2, 0.25) is 0 Å². The summed E-state index contributed by atoms with van der Waals surface area (Å²) in [6.45, 7) is 14.1. The van der Waals surface area contributed by atoms with Gasteiger partial charge in [-0.2, -0.15) is 0 Å². The summed E-state index contributed by atoms with van der Waals surface area (Å²) in [6, 6.07) is 130. The van der Waals surface area contributed by atoms with Crippen LogP contribution in [0.25, 0.3) is 131 Å². The normalized spacial score (nSPS) is 13.3. The van der Waals surface area contributed by atoms with Gasteiger partial charge in [0.05, 0.1) is 0 Å². The minimum absolute atomic E-state index is 0.0231. The lowest BCUT2D eigenvalue weighted by Gasteiger charge is -2.21. The average Bonchev–Trinajstić information content (AvgIpc) is 1.57. The number of hydrogen-bond acceptors (Lipinski definition) is 3. The zero-order valence-electron chi connectivity index (χ0n) is 62.1. The second-order valence-electron chi connectivity index (χ2n) is 30.8. The smallest absolute Gasteiger partial charge is 0.0390 e. The summed E-state index contributed by atoms with van der Waals surface area (Å²) in [5.41, 5.74) is 34.5. The third-order valence-corrected chi connectivity index (χ3v) is 23.6. The predicted octanol–water partition coefficient (Wildman–Crippen LogP) is 29.4. The Kier molecular flexibility index (Phi) is 17.3. The molecule has 0 spiro atoms. The second kappa shape index (κ2) is 27.6. The minimum Gasteiger partial charge on any atom is -0.399 e. The van der Waals surface area contributed by atoms with Gasteiger partial charge in [-0.05, 0) is 256 Å². The average molecular weight is 1470 g/mol. The van der Waals surface area contributed by atoms with Crippen LogP contribution in [0.3, 0.4) is 0 Å². The number of nitrogen functional groups attached to an aromatic ring is 1. The summed E-state index contributed by atoms with van der Waals surface area (Å²) in [4.78, 5) is 0. The molecular weight excluding hydrogens is 1380 g/mol. The minimum atomic E-state index is 0.0231. The first-order valence-electron chi connectivity index (χ1n) is 37.8. The van der Waals surface area contributed by atoms with Crippen LogP contribution in [0.4, 0.5) is 28.4 Å². The fraction of sp³-hybridized carbons (Fsp3) is 0.0857. The number of halogens is 1. The molecule has 0 atom stereocenters. The number of rotatable bonds is 10. The van der Waals surface area contributed by atoms with E-state index in [1.807, 2.05) is 48.5 Å². The zero-order valence-corrected chi connectivity index (χ0v) is 63.7. The lowest BCUT2D eigenvalue weighted by atomic mass is 9.82. The second-order valence-corrected chi connectivity index (χ2v) is 31.8. The summed E-state index contributed by atoms with van der Waals surface area (Å²) < 4.78 is 1.12. The first-order chi connectivity index (χ1) is 53.1. The van der Waals surface area contributed by atoms with Crippen molar-refractivity contribution >= 4 is 109 Å². The third-order valence-electron chi connectivity index (χ3n) is 23.1. The molecule has 0 heterocycles. The highest BCUT2D eigenvalue weighted by atomic mass is 79.9. The largest absolute Gasteiger partial charge is 0.399 e. The van der Waals surface area contributed by atoms with Crippen LogP contribution in [0.15, 0.2) is 368 Å². The van der Waals surface area contributed by atoms with Gasteiger partial charge < -0.3 is 16.4 Å². The van der Waals surface area contributed by atoms with Gasteiger partial charge in [0.25, 0.3) is 0 Å². The van der Waals surface area contributed by atoms with Gasteiger partial charge in [0.15, 0.2) is 0 Å². The summed E-state index contributed by atoms with van der Waals surface area (Å²) in [6.07, 6.45) is 0. The number of anilines is 5. The van der Waals surface area contributed by atoms with Crippen LogP contribution in [-0.2, 0) is 16.2 Å². The van der Waals surface area contributed by atoms with Crippen molar-refractivity contribution in [2.45, 2.75) is 57.8 Å². The Labute approximate surface area is 647 Å². The van der Waals surface area contributed by atoms with Crippen molar-refractivity contribution in [2.24, 2.45) is 0 Å². The molecule has 21 rings (SSSR count). The van der Waals surface area contributed by atoms with E-state index in [-0.39, 0.29) is 16.2 Å². The monoisotopic (exact) mass is 1460 g/mol. The molecule has 3 nitrogen and oxygen atoms in total. The molecule has 18 aromatic rings. The maximum atomic E-state index is 5.60. The van der Waals surface area contributed by atoms with Crippen LogP contribution in [0.2, 0.25) is 0 Å². The Bertz CT molecular complexity index is 6520. The summed E-state index contributed by atoms with van der Waals surface area (Å²) in [5, 5.41) is 23.8. The van der Waals surface area contributed by atoms with E-state index in [1.165, 1.54) is 165 Å². The third kappa shape index (κ3) is 12.4. The molecule has 4 heteroatoms. The van der Waals surface area contributed by atoms with E-state index in [4.69, 9.17) is 5.73 Å².